The highest BCUT2D eigenvalue weighted by Gasteiger charge is 2.39. The van der Waals surface area contributed by atoms with Gasteiger partial charge in [-0.1, -0.05) is 25.0 Å². The molecule has 1 unspecified atom stereocenters. The molecule has 2 aliphatic rings. The number of aromatic nitrogens is 1. The summed E-state index contributed by atoms with van der Waals surface area (Å²) in [6.45, 7) is 4.63. The number of morpholine rings is 1. The first-order chi connectivity index (χ1) is 14.9. The second kappa shape index (κ2) is 9.18. The van der Waals surface area contributed by atoms with E-state index in [0.717, 1.165) is 43.4 Å². The highest BCUT2D eigenvalue weighted by atomic mass is 19.1. The summed E-state index contributed by atoms with van der Waals surface area (Å²) in [5.74, 6) is -0.360. The van der Waals surface area contributed by atoms with E-state index in [-0.39, 0.29) is 12.1 Å². The fourth-order valence-electron chi connectivity index (χ4n) is 4.50. The maximum atomic E-state index is 14.4. The number of nitrogens with zero attached hydrogens (tertiary/aromatic N) is 2. The molecule has 2 aromatic rings. The lowest BCUT2D eigenvalue weighted by atomic mass is 9.87. The predicted octanol–water partition coefficient (Wildman–Crippen LogP) is 3.85. The summed E-state index contributed by atoms with van der Waals surface area (Å²) >= 11 is 0. The minimum atomic E-state index is -0.809. The summed E-state index contributed by atoms with van der Waals surface area (Å²) in [5, 5.41) is 5.79. The third kappa shape index (κ3) is 4.95. The van der Waals surface area contributed by atoms with Gasteiger partial charge in [0.2, 0.25) is 0 Å². The maximum absolute atomic E-state index is 14.4. The fourth-order valence-corrected chi connectivity index (χ4v) is 4.50. The molecule has 1 aromatic carbocycles. The monoisotopic (exact) mass is 430 g/mol. The maximum Gasteiger partial charge on any atom is 0.315 e. The lowest BCUT2D eigenvalue weighted by Gasteiger charge is -2.32. The zero-order chi connectivity index (χ0) is 21.8. The van der Waals surface area contributed by atoms with Crippen molar-refractivity contribution in [1.29, 1.82) is 0 Å². The topological polar surface area (TPSA) is 66.5 Å². The summed E-state index contributed by atoms with van der Waals surface area (Å²) in [6, 6.07) is 7.05. The number of urea groups is 1. The van der Waals surface area contributed by atoms with Gasteiger partial charge in [0.15, 0.2) is 0 Å². The Morgan fingerprint density at radius 1 is 1.26 bits per heavy atom. The van der Waals surface area contributed by atoms with Gasteiger partial charge in [0.1, 0.15) is 17.5 Å². The van der Waals surface area contributed by atoms with Crippen LogP contribution in [0.15, 0.2) is 36.5 Å². The molecular formula is C23H28F2N4O2. The van der Waals surface area contributed by atoms with Crippen LogP contribution in [0.2, 0.25) is 0 Å². The van der Waals surface area contributed by atoms with Crippen LogP contribution in [-0.2, 0) is 16.8 Å². The van der Waals surface area contributed by atoms with Gasteiger partial charge >= 0.3 is 6.03 Å². The van der Waals surface area contributed by atoms with E-state index in [2.05, 4.69) is 20.5 Å². The number of benzene rings is 1. The molecule has 6 nitrogen and oxygen atoms in total. The Labute approximate surface area is 181 Å². The van der Waals surface area contributed by atoms with Gasteiger partial charge in [0.25, 0.3) is 0 Å². The average molecular weight is 430 g/mol. The first kappa shape index (κ1) is 21.5. The number of rotatable bonds is 5. The summed E-state index contributed by atoms with van der Waals surface area (Å²) in [5.41, 5.74) is 0.401. The molecule has 0 radical (unpaired) electrons. The first-order valence-corrected chi connectivity index (χ1v) is 10.8. The van der Waals surface area contributed by atoms with Gasteiger partial charge in [-0.15, -0.1) is 0 Å². The van der Waals surface area contributed by atoms with Crippen LogP contribution in [-0.4, -0.2) is 36.8 Å². The Kier molecular flexibility index (Phi) is 6.36. The van der Waals surface area contributed by atoms with Crippen LogP contribution < -0.4 is 15.5 Å². The number of anilines is 1. The van der Waals surface area contributed by atoms with Crippen molar-refractivity contribution in [2.45, 2.75) is 50.8 Å². The van der Waals surface area contributed by atoms with Crippen LogP contribution >= 0.6 is 0 Å². The van der Waals surface area contributed by atoms with Crippen molar-refractivity contribution < 1.29 is 18.3 Å². The van der Waals surface area contributed by atoms with Crippen molar-refractivity contribution in [3.63, 3.8) is 0 Å². The van der Waals surface area contributed by atoms with Gasteiger partial charge < -0.3 is 20.3 Å². The molecule has 2 amide bonds. The first-order valence-electron chi connectivity index (χ1n) is 10.8. The zero-order valence-electron chi connectivity index (χ0n) is 17.7. The van der Waals surface area contributed by atoms with Crippen molar-refractivity contribution in [2.75, 3.05) is 24.6 Å². The van der Waals surface area contributed by atoms with Gasteiger partial charge in [-0.2, -0.15) is 0 Å². The molecule has 0 bridgehead atoms. The Morgan fingerprint density at radius 3 is 2.74 bits per heavy atom. The van der Waals surface area contributed by atoms with Crippen molar-refractivity contribution in [3.05, 3.63) is 59.3 Å². The van der Waals surface area contributed by atoms with Crippen molar-refractivity contribution >= 4 is 11.8 Å². The summed E-state index contributed by atoms with van der Waals surface area (Å²) in [7, 11) is 0. The number of carbonyl (C=O) groups excluding carboxylic acids is 1. The highest BCUT2D eigenvalue weighted by Crippen LogP contribution is 2.40. The molecule has 1 saturated carbocycles. The lowest BCUT2D eigenvalue weighted by Crippen LogP contribution is -2.48. The third-order valence-electron chi connectivity index (χ3n) is 6.08. The second-order valence-electron chi connectivity index (χ2n) is 8.37. The molecule has 1 aliphatic carbocycles. The number of pyridine rings is 1. The number of hydrogen-bond acceptors (Lipinski definition) is 4. The van der Waals surface area contributed by atoms with E-state index in [1.54, 1.807) is 6.20 Å². The molecule has 2 fully saturated rings. The third-order valence-corrected chi connectivity index (χ3v) is 6.08. The largest absolute Gasteiger partial charge is 0.375 e. The quantitative estimate of drug-likeness (QED) is 0.756. The van der Waals surface area contributed by atoms with Crippen LogP contribution in [0, 0.1) is 11.6 Å². The summed E-state index contributed by atoms with van der Waals surface area (Å²) in [6.07, 6.45) is 4.93. The molecular weight excluding hydrogens is 402 g/mol. The number of nitrogens with one attached hydrogen (secondary N) is 2. The SMILES string of the molecule is CC1CN(c2ccc(CNC(=O)NC3(c4ccc(F)cc4F)CCCC3)cn2)CCO1. The smallest absolute Gasteiger partial charge is 0.315 e. The molecule has 4 rings (SSSR count). The number of carbonyl (C=O) groups is 1. The van der Waals surface area contributed by atoms with Gasteiger partial charge in [0.05, 0.1) is 18.2 Å². The molecule has 31 heavy (non-hydrogen) atoms. The standard InChI is InChI=1S/C23H28F2N4O2/c1-16-15-29(10-11-31-16)21-7-4-17(13-26-21)14-27-22(30)28-23(8-2-3-9-23)19-6-5-18(24)12-20(19)25/h4-7,12-13,16H,2-3,8-11,14-15H2,1H3,(H2,27,28,30). The summed E-state index contributed by atoms with van der Waals surface area (Å²) in [4.78, 5) is 19.3. The molecule has 0 spiro atoms. The van der Waals surface area contributed by atoms with Crippen LogP contribution in [0.4, 0.5) is 19.4 Å². The van der Waals surface area contributed by atoms with Crippen LogP contribution in [0.1, 0.15) is 43.7 Å². The van der Waals surface area contributed by atoms with E-state index < -0.39 is 17.2 Å². The molecule has 2 N–H and O–H groups in total. The normalized spacial score (nSPS) is 20.5. The molecule has 166 valence electrons. The van der Waals surface area contributed by atoms with E-state index in [9.17, 15) is 13.6 Å². The van der Waals surface area contributed by atoms with Gasteiger partial charge in [-0.3, -0.25) is 0 Å². The number of amides is 2. The van der Waals surface area contributed by atoms with Gasteiger partial charge in [0, 0.05) is 37.5 Å². The molecule has 1 atom stereocenters. The van der Waals surface area contributed by atoms with Crippen LogP contribution in [0.5, 0.6) is 0 Å². The summed E-state index contributed by atoms with van der Waals surface area (Å²) < 4.78 is 33.3. The Bertz CT molecular complexity index is 916. The number of halogens is 2. The molecule has 2 heterocycles. The van der Waals surface area contributed by atoms with E-state index in [0.29, 0.717) is 31.6 Å². The predicted molar refractivity (Wildman–Crippen MR) is 114 cm³/mol. The minimum absolute atomic E-state index is 0.175. The number of hydrogen-bond donors (Lipinski definition) is 2. The van der Waals surface area contributed by atoms with E-state index in [1.807, 2.05) is 19.1 Å². The van der Waals surface area contributed by atoms with Crippen LogP contribution in [0.25, 0.3) is 0 Å². The van der Waals surface area contributed by atoms with Crippen molar-refractivity contribution in [3.8, 4) is 0 Å². The molecule has 8 heteroatoms. The van der Waals surface area contributed by atoms with E-state index in [1.165, 1.54) is 12.1 Å². The number of ether oxygens (including phenoxy) is 1. The van der Waals surface area contributed by atoms with E-state index in [4.69, 9.17) is 4.74 Å². The Hall–Kier alpha value is -2.74. The fraction of sp³-hybridized carbons (Fsp3) is 0.478. The van der Waals surface area contributed by atoms with Crippen molar-refractivity contribution in [1.82, 2.24) is 15.6 Å². The lowest BCUT2D eigenvalue weighted by molar-refractivity contribution is 0.0529. The zero-order valence-corrected chi connectivity index (χ0v) is 17.7. The molecule has 1 aromatic heterocycles. The van der Waals surface area contributed by atoms with E-state index >= 15 is 0 Å². The van der Waals surface area contributed by atoms with Gasteiger partial charge in [-0.25, -0.2) is 18.6 Å². The Morgan fingerprint density at radius 2 is 2.06 bits per heavy atom. The van der Waals surface area contributed by atoms with Crippen LogP contribution in [0.3, 0.4) is 0 Å². The van der Waals surface area contributed by atoms with Gasteiger partial charge in [-0.05, 0) is 37.5 Å². The van der Waals surface area contributed by atoms with Crippen molar-refractivity contribution in [2.24, 2.45) is 0 Å². The molecule has 1 saturated heterocycles. The highest BCUT2D eigenvalue weighted by molar-refractivity contribution is 5.75. The minimum Gasteiger partial charge on any atom is -0.375 e. The second-order valence-corrected chi connectivity index (χ2v) is 8.37. The Balaban J connectivity index is 1.37. The molecule has 1 aliphatic heterocycles. The average Bonchev–Trinajstić information content (AvgIpc) is 3.21.